The molecule has 0 saturated heterocycles. The van der Waals surface area contributed by atoms with Gasteiger partial charge in [0, 0.05) is 9.75 Å². The molecule has 1 nitrogen and oxygen atoms in total. The quantitative estimate of drug-likeness (QED) is 0.691. The molecule has 1 heterocycles. The van der Waals surface area contributed by atoms with Crippen LogP contribution in [0.25, 0.3) is 0 Å². The zero-order valence-corrected chi connectivity index (χ0v) is 9.41. The van der Waals surface area contributed by atoms with E-state index in [9.17, 15) is 0 Å². The van der Waals surface area contributed by atoms with E-state index in [4.69, 9.17) is 0 Å². The molecule has 0 spiro atoms. The summed E-state index contributed by atoms with van der Waals surface area (Å²) in [4.78, 5) is 2.98. The fraction of sp³-hybridized carbons (Fsp3) is 0.636. The maximum atomic E-state index is 3.17. The van der Waals surface area contributed by atoms with Crippen LogP contribution in [0.2, 0.25) is 0 Å². The molecule has 0 bridgehead atoms. The number of rotatable bonds is 6. The Morgan fingerprint density at radius 1 is 1.23 bits per heavy atom. The summed E-state index contributed by atoms with van der Waals surface area (Å²) in [5.41, 5.74) is 0. The molecule has 0 atom stereocenters. The molecule has 1 rings (SSSR count). The van der Waals surface area contributed by atoms with E-state index < -0.39 is 0 Å². The number of hydrogen-bond acceptors (Lipinski definition) is 2. The molecular formula is C11H19NS. The van der Waals surface area contributed by atoms with Gasteiger partial charge in [0.15, 0.2) is 0 Å². The molecule has 0 aliphatic carbocycles. The van der Waals surface area contributed by atoms with Crippen LogP contribution in [0.5, 0.6) is 0 Å². The van der Waals surface area contributed by atoms with Crippen LogP contribution in [0.4, 0.5) is 0 Å². The molecule has 1 aromatic rings. The van der Waals surface area contributed by atoms with Crippen molar-refractivity contribution >= 4 is 11.3 Å². The first-order valence-corrected chi connectivity index (χ1v) is 5.84. The van der Waals surface area contributed by atoms with Gasteiger partial charge in [-0.25, -0.2) is 0 Å². The van der Waals surface area contributed by atoms with Crippen molar-refractivity contribution in [3.05, 3.63) is 21.9 Å². The molecule has 1 aromatic heterocycles. The monoisotopic (exact) mass is 197 g/mol. The van der Waals surface area contributed by atoms with Crippen molar-refractivity contribution in [1.29, 1.82) is 0 Å². The van der Waals surface area contributed by atoms with Crippen LogP contribution in [-0.2, 0) is 6.42 Å². The Morgan fingerprint density at radius 2 is 2.08 bits per heavy atom. The van der Waals surface area contributed by atoms with Gasteiger partial charge in [-0.2, -0.15) is 0 Å². The van der Waals surface area contributed by atoms with Crippen molar-refractivity contribution in [2.45, 2.75) is 32.6 Å². The molecule has 0 aliphatic heterocycles. The van der Waals surface area contributed by atoms with Crippen molar-refractivity contribution in [3.63, 3.8) is 0 Å². The summed E-state index contributed by atoms with van der Waals surface area (Å²) < 4.78 is 0. The zero-order valence-electron chi connectivity index (χ0n) is 8.60. The van der Waals surface area contributed by atoms with E-state index in [1.165, 1.54) is 30.6 Å². The van der Waals surface area contributed by atoms with Crippen molar-refractivity contribution in [1.82, 2.24) is 5.32 Å². The number of hydrogen-bond donors (Lipinski definition) is 1. The molecular weight excluding hydrogens is 178 g/mol. The lowest BCUT2D eigenvalue weighted by Crippen LogP contribution is -2.06. The van der Waals surface area contributed by atoms with E-state index in [0.717, 1.165) is 6.54 Å². The summed E-state index contributed by atoms with van der Waals surface area (Å²) in [6.07, 6.45) is 5.25. The second-order valence-electron chi connectivity index (χ2n) is 3.43. The SMILES string of the molecule is CNCCCCCc1ccc(C)s1. The summed E-state index contributed by atoms with van der Waals surface area (Å²) >= 11 is 1.94. The molecule has 13 heavy (non-hydrogen) atoms. The lowest BCUT2D eigenvalue weighted by molar-refractivity contribution is 0.645. The Hall–Kier alpha value is -0.340. The zero-order chi connectivity index (χ0) is 9.52. The molecule has 1 N–H and O–H groups in total. The second kappa shape index (κ2) is 6.17. The topological polar surface area (TPSA) is 12.0 Å². The first-order valence-electron chi connectivity index (χ1n) is 5.03. The van der Waals surface area contributed by atoms with E-state index in [2.05, 4.69) is 24.4 Å². The summed E-state index contributed by atoms with van der Waals surface area (Å²) in [5, 5.41) is 3.17. The Morgan fingerprint density at radius 3 is 2.69 bits per heavy atom. The largest absolute Gasteiger partial charge is 0.320 e. The normalized spacial score (nSPS) is 10.6. The summed E-state index contributed by atoms with van der Waals surface area (Å²) in [6.45, 7) is 3.33. The number of nitrogens with one attached hydrogen (secondary N) is 1. The van der Waals surface area contributed by atoms with Gasteiger partial charge in [0.05, 0.1) is 0 Å². The molecule has 2 heteroatoms. The van der Waals surface area contributed by atoms with Gasteiger partial charge in [0.1, 0.15) is 0 Å². The van der Waals surface area contributed by atoms with Crippen LogP contribution in [0, 0.1) is 6.92 Å². The van der Waals surface area contributed by atoms with Crippen molar-refractivity contribution in [3.8, 4) is 0 Å². The number of aryl methyl sites for hydroxylation is 2. The summed E-state index contributed by atoms with van der Waals surface area (Å²) in [5.74, 6) is 0. The highest BCUT2D eigenvalue weighted by atomic mass is 32.1. The highest BCUT2D eigenvalue weighted by molar-refractivity contribution is 7.11. The maximum absolute atomic E-state index is 3.17. The van der Waals surface area contributed by atoms with E-state index in [1.807, 2.05) is 18.4 Å². The smallest absolute Gasteiger partial charge is 0.00480 e. The fourth-order valence-electron chi connectivity index (χ4n) is 1.40. The Labute approximate surface area is 85.2 Å². The average molecular weight is 197 g/mol. The molecule has 74 valence electrons. The lowest BCUT2D eigenvalue weighted by Gasteiger charge is -1.98. The van der Waals surface area contributed by atoms with Gasteiger partial charge < -0.3 is 5.32 Å². The Kier molecular flexibility index (Phi) is 5.09. The number of unbranched alkanes of at least 4 members (excludes halogenated alkanes) is 2. The summed E-state index contributed by atoms with van der Waals surface area (Å²) in [6, 6.07) is 4.48. The number of thiophene rings is 1. The molecule has 0 radical (unpaired) electrons. The third-order valence-electron chi connectivity index (χ3n) is 2.15. The Balaban J connectivity index is 2.06. The van der Waals surface area contributed by atoms with Crippen molar-refractivity contribution in [2.75, 3.05) is 13.6 Å². The van der Waals surface area contributed by atoms with Gasteiger partial charge in [-0.3, -0.25) is 0 Å². The summed E-state index contributed by atoms with van der Waals surface area (Å²) in [7, 11) is 2.02. The van der Waals surface area contributed by atoms with Gasteiger partial charge >= 0.3 is 0 Å². The lowest BCUT2D eigenvalue weighted by atomic mass is 10.2. The highest BCUT2D eigenvalue weighted by Gasteiger charge is 1.96. The van der Waals surface area contributed by atoms with Crippen LogP contribution in [0.1, 0.15) is 29.0 Å². The molecule has 0 aliphatic rings. The highest BCUT2D eigenvalue weighted by Crippen LogP contribution is 2.17. The van der Waals surface area contributed by atoms with Gasteiger partial charge in [0.25, 0.3) is 0 Å². The van der Waals surface area contributed by atoms with Gasteiger partial charge in [0.2, 0.25) is 0 Å². The van der Waals surface area contributed by atoms with Crippen LogP contribution in [0.3, 0.4) is 0 Å². The predicted molar refractivity (Wildman–Crippen MR) is 60.5 cm³/mol. The predicted octanol–water partition coefficient (Wildman–Crippen LogP) is 2.99. The van der Waals surface area contributed by atoms with E-state index in [-0.39, 0.29) is 0 Å². The minimum absolute atomic E-state index is 1.16. The molecule has 0 amide bonds. The molecule has 0 unspecified atom stereocenters. The third kappa shape index (κ3) is 4.44. The maximum Gasteiger partial charge on any atom is 0.00480 e. The fourth-order valence-corrected chi connectivity index (χ4v) is 2.33. The first-order chi connectivity index (χ1) is 6.33. The van der Waals surface area contributed by atoms with Crippen LogP contribution in [0.15, 0.2) is 12.1 Å². The minimum Gasteiger partial charge on any atom is -0.320 e. The van der Waals surface area contributed by atoms with E-state index in [1.54, 1.807) is 4.88 Å². The molecule has 0 fully saturated rings. The van der Waals surface area contributed by atoms with Gasteiger partial charge in [-0.15, -0.1) is 11.3 Å². The average Bonchev–Trinajstić information content (AvgIpc) is 2.51. The Bertz CT molecular complexity index is 230. The third-order valence-corrected chi connectivity index (χ3v) is 3.21. The van der Waals surface area contributed by atoms with Crippen LogP contribution >= 0.6 is 11.3 Å². The van der Waals surface area contributed by atoms with Crippen LogP contribution in [-0.4, -0.2) is 13.6 Å². The minimum atomic E-state index is 1.16. The van der Waals surface area contributed by atoms with E-state index >= 15 is 0 Å². The van der Waals surface area contributed by atoms with Gasteiger partial charge in [-0.1, -0.05) is 6.42 Å². The molecule has 0 aromatic carbocycles. The van der Waals surface area contributed by atoms with Crippen molar-refractivity contribution < 1.29 is 0 Å². The van der Waals surface area contributed by atoms with Crippen molar-refractivity contribution in [2.24, 2.45) is 0 Å². The second-order valence-corrected chi connectivity index (χ2v) is 4.80. The standard InChI is InChI=1S/C11H19NS/c1-10-7-8-11(13-10)6-4-3-5-9-12-2/h7-8,12H,3-6,9H2,1-2H3. The van der Waals surface area contributed by atoms with Gasteiger partial charge in [-0.05, 0) is 51.9 Å². The molecule has 0 saturated carbocycles. The van der Waals surface area contributed by atoms with E-state index in [0.29, 0.717) is 0 Å². The first kappa shape index (κ1) is 10.7. The van der Waals surface area contributed by atoms with Crippen LogP contribution < -0.4 is 5.32 Å².